The molecular formula is C16H18O4. The van der Waals surface area contributed by atoms with Gasteiger partial charge < -0.3 is 9.47 Å². The zero-order valence-corrected chi connectivity index (χ0v) is 11.7. The number of hydrogen-bond donors (Lipinski definition) is 0. The predicted octanol–water partition coefficient (Wildman–Crippen LogP) is 2.84. The van der Waals surface area contributed by atoms with Gasteiger partial charge in [0, 0.05) is 6.08 Å². The molecule has 0 unspecified atom stereocenters. The van der Waals surface area contributed by atoms with Gasteiger partial charge in [-0.25, -0.2) is 4.79 Å². The first-order valence-corrected chi connectivity index (χ1v) is 6.34. The van der Waals surface area contributed by atoms with Gasteiger partial charge in [0.1, 0.15) is 0 Å². The van der Waals surface area contributed by atoms with Gasteiger partial charge in [-0.1, -0.05) is 36.4 Å². The molecule has 0 fully saturated rings. The van der Waals surface area contributed by atoms with E-state index < -0.39 is 0 Å². The quantitative estimate of drug-likeness (QED) is 0.591. The van der Waals surface area contributed by atoms with Gasteiger partial charge in [0.05, 0.1) is 20.1 Å². The van der Waals surface area contributed by atoms with Crippen molar-refractivity contribution in [1.82, 2.24) is 0 Å². The molecule has 0 aliphatic heterocycles. The maximum absolute atomic E-state index is 11.1. The molecule has 0 heterocycles. The van der Waals surface area contributed by atoms with Crippen LogP contribution in [0, 0.1) is 0 Å². The van der Waals surface area contributed by atoms with Crippen molar-refractivity contribution in [3.05, 3.63) is 47.5 Å². The van der Waals surface area contributed by atoms with E-state index in [0.717, 1.165) is 11.1 Å². The smallest absolute Gasteiger partial charge is 0.330 e. The van der Waals surface area contributed by atoms with Crippen LogP contribution in [0.2, 0.25) is 0 Å². The number of carbonyl (C=O) groups is 2. The zero-order valence-electron chi connectivity index (χ0n) is 11.7. The minimum atomic E-state index is -0.386. The Labute approximate surface area is 118 Å². The van der Waals surface area contributed by atoms with E-state index >= 15 is 0 Å². The van der Waals surface area contributed by atoms with Crippen LogP contribution in [0.3, 0.4) is 0 Å². The Kier molecular flexibility index (Phi) is 6.82. The second-order valence-electron chi connectivity index (χ2n) is 3.93. The minimum absolute atomic E-state index is 0.235. The fourth-order valence-corrected chi connectivity index (χ4v) is 1.46. The molecule has 4 nitrogen and oxygen atoms in total. The van der Waals surface area contributed by atoms with E-state index in [4.69, 9.17) is 4.74 Å². The minimum Gasteiger partial charge on any atom is -0.466 e. The maximum atomic E-state index is 11.1. The van der Waals surface area contributed by atoms with Crippen molar-refractivity contribution in [2.45, 2.75) is 13.3 Å². The SMILES string of the molecule is CCOC(=O)CC=Cc1ccc(/C=C/C(=O)OC)cc1. The zero-order chi connectivity index (χ0) is 14.8. The lowest BCUT2D eigenvalue weighted by Gasteiger charge is -1.98. The summed E-state index contributed by atoms with van der Waals surface area (Å²) in [6, 6.07) is 7.56. The molecule has 4 heteroatoms. The van der Waals surface area contributed by atoms with Crippen molar-refractivity contribution in [3.63, 3.8) is 0 Å². The average molecular weight is 274 g/mol. The Bertz CT molecular complexity index is 498. The predicted molar refractivity (Wildman–Crippen MR) is 77.8 cm³/mol. The van der Waals surface area contributed by atoms with E-state index in [1.54, 1.807) is 19.1 Å². The summed E-state index contributed by atoms with van der Waals surface area (Å²) in [6.45, 7) is 2.18. The first-order valence-electron chi connectivity index (χ1n) is 6.34. The van der Waals surface area contributed by atoms with Crippen LogP contribution >= 0.6 is 0 Å². The highest BCUT2D eigenvalue weighted by atomic mass is 16.5. The Morgan fingerprint density at radius 1 is 1.10 bits per heavy atom. The fraction of sp³-hybridized carbons (Fsp3) is 0.250. The molecule has 0 aliphatic carbocycles. The highest BCUT2D eigenvalue weighted by Gasteiger charge is 1.96. The molecule has 0 atom stereocenters. The van der Waals surface area contributed by atoms with Crippen molar-refractivity contribution in [2.75, 3.05) is 13.7 Å². The highest BCUT2D eigenvalue weighted by molar-refractivity contribution is 5.86. The van der Waals surface area contributed by atoms with Crippen LogP contribution in [0.4, 0.5) is 0 Å². The first kappa shape index (κ1) is 15.7. The Morgan fingerprint density at radius 2 is 1.70 bits per heavy atom. The summed E-state index contributed by atoms with van der Waals surface area (Å²) in [7, 11) is 1.34. The van der Waals surface area contributed by atoms with Crippen LogP contribution in [-0.4, -0.2) is 25.7 Å². The maximum Gasteiger partial charge on any atom is 0.330 e. The third kappa shape index (κ3) is 6.00. The van der Waals surface area contributed by atoms with Gasteiger partial charge in [-0.15, -0.1) is 0 Å². The molecule has 0 bridgehead atoms. The van der Waals surface area contributed by atoms with Crippen LogP contribution in [0.15, 0.2) is 36.4 Å². The molecule has 20 heavy (non-hydrogen) atoms. The van der Waals surface area contributed by atoms with Crippen LogP contribution < -0.4 is 0 Å². The molecule has 1 aromatic carbocycles. The van der Waals surface area contributed by atoms with E-state index in [2.05, 4.69) is 4.74 Å². The van der Waals surface area contributed by atoms with Crippen LogP contribution in [-0.2, 0) is 19.1 Å². The summed E-state index contributed by atoms with van der Waals surface area (Å²) in [6.07, 6.45) is 6.92. The van der Waals surface area contributed by atoms with E-state index in [0.29, 0.717) is 6.61 Å². The second kappa shape index (κ2) is 8.69. The van der Waals surface area contributed by atoms with E-state index in [1.165, 1.54) is 13.2 Å². The van der Waals surface area contributed by atoms with Crippen molar-refractivity contribution in [2.24, 2.45) is 0 Å². The Morgan fingerprint density at radius 3 is 2.25 bits per heavy atom. The number of hydrogen-bond acceptors (Lipinski definition) is 4. The lowest BCUT2D eigenvalue weighted by atomic mass is 10.1. The monoisotopic (exact) mass is 274 g/mol. The molecule has 0 saturated carbocycles. The standard InChI is InChI=1S/C16H18O4/c1-3-20-16(18)6-4-5-13-7-9-14(10-8-13)11-12-15(17)19-2/h4-5,7-12H,3,6H2,1-2H3/b5-4?,12-11+. The van der Waals surface area contributed by atoms with Gasteiger partial charge in [0.15, 0.2) is 0 Å². The molecule has 0 saturated heterocycles. The van der Waals surface area contributed by atoms with Crippen molar-refractivity contribution in [3.8, 4) is 0 Å². The van der Waals surface area contributed by atoms with E-state index in [-0.39, 0.29) is 18.4 Å². The molecule has 1 aromatic rings. The van der Waals surface area contributed by atoms with Crippen LogP contribution in [0.5, 0.6) is 0 Å². The summed E-state index contributed by atoms with van der Waals surface area (Å²) in [5, 5.41) is 0. The average Bonchev–Trinajstić information content (AvgIpc) is 2.46. The summed E-state index contributed by atoms with van der Waals surface area (Å²) >= 11 is 0. The van der Waals surface area contributed by atoms with E-state index in [1.807, 2.05) is 30.3 Å². The summed E-state index contributed by atoms with van der Waals surface area (Å²) in [5.74, 6) is -0.621. The van der Waals surface area contributed by atoms with Gasteiger partial charge in [-0.2, -0.15) is 0 Å². The molecule has 0 aliphatic rings. The number of esters is 2. The third-order valence-corrected chi connectivity index (χ3v) is 2.45. The molecule has 0 radical (unpaired) electrons. The molecular weight excluding hydrogens is 256 g/mol. The molecule has 0 amide bonds. The molecule has 0 N–H and O–H groups in total. The lowest BCUT2D eigenvalue weighted by molar-refractivity contribution is -0.142. The Balaban J connectivity index is 2.54. The number of ether oxygens (including phenoxy) is 2. The molecule has 1 rings (SSSR count). The summed E-state index contributed by atoms with van der Waals surface area (Å²) in [5.41, 5.74) is 1.88. The second-order valence-corrected chi connectivity index (χ2v) is 3.93. The largest absolute Gasteiger partial charge is 0.466 e. The fourth-order valence-electron chi connectivity index (χ4n) is 1.46. The van der Waals surface area contributed by atoms with Crippen molar-refractivity contribution < 1.29 is 19.1 Å². The third-order valence-electron chi connectivity index (χ3n) is 2.45. The summed E-state index contributed by atoms with van der Waals surface area (Å²) in [4.78, 5) is 22.1. The molecule has 0 aromatic heterocycles. The highest BCUT2D eigenvalue weighted by Crippen LogP contribution is 2.08. The number of carbonyl (C=O) groups excluding carboxylic acids is 2. The van der Waals surface area contributed by atoms with Gasteiger partial charge in [-0.05, 0) is 24.1 Å². The molecule has 106 valence electrons. The number of methoxy groups -OCH3 is 1. The van der Waals surface area contributed by atoms with Gasteiger partial charge >= 0.3 is 11.9 Å². The lowest BCUT2D eigenvalue weighted by Crippen LogP contribution is -2.01. The van der Waals surface area contributed by atoms with Crippen LogP contribution in [0.1, 0.15) is 24.5 Å². The first-order chi connectivity index (χ1) is 9.65. The summed E-state index contributed by atoms with van der Waals surface area (Å²) < 4.78 is 9.33. The van der Waals surface area contributed by atoms with Crippen molar-refractivity contribution in [1.29, 1.82) is 0 Å². The van der Waals surface area contributed by atoms with E-state index in [9.17, 15) is 9.59 Å². The number of rotatable bonds is 6. The molecule has 0 spiro atoms. The van der Waals surface area contributed by atoms with Gasteiger partial charge in [-0.3, -0.25) is 4.79 Å². The van der Waals surface area contributed by atoms with Crippen LogP contribution in [0.25, 0.3) is 12.2 Å². The van der Waals surface area contributed by atoms with Gasteiger partial charge in [0.2, 0.25) is 0 Å². The normalized spacial score (nSPS) is 10.9. The Hall–Kier alpha value is -2.36. The van der Waals surface area contributed by atoms with Gasteiger partial charge in [0.25, 0.3) is 0 Å². The number of benzene rings is 1. The van der Waals surface area contributed by atoms with Crippen molar-refractivity contribution >= 4 is 24.1 Å². The topological polar surface area (TPSA) is 52.6 Å².